The number of likely N-dealkylation sites (tertiary alicyclic amines) is 1. The molecule has 3 aliphatic heterocycles. The molecule has 1 atom stereocenters. The molecule has 0 aliphatic carbocycles. The number of cyclic esters (lactones) is 1. The third-order valence-electron chi connectivity index (χ3n) is 7.10. The Morgan fingerprint density at radius 3 is 2.55 bits per heavy atom. The van der Waals surface area contributed by atoms with Crippen molar-refractivity contribution in [2.75, 3.05) is 57.3 Å². The number of halogens is 1. The summed E-state index contributed by atoms with van der Waals surface area (Å²) in [5.41, 5.74) is 0.643. The van der Waals surface area contributed by atoms with E-state index >= 15 is 0 Å². The van der Waals surface area contributed by atoms with Gasteiger partial charge in [0.15, 0.2) is 0 Å². The third kappa shape index (κ3) is 5.70. The Morgan fingerprint density at radius 1 is 1.15 bits per heavy atom. The number of hydrogen-bond donors (Lipinski definition) is 2. The summed E-state index contributed by atoms with van der Waals surface area (Å²) >= 11 is 6.12. The zero-order valence-corrected chi connectivity index (χ0v) is 19.4. The number of ether oxygens (including phenoxy) is 1. The number of esters is 1. The molecular weight excluding hydrogens is 448 g/mol. The molecule has 1 aromatic carbocycles. The zero-order chi connectivity index (χ0) is 23.4. The van der Waals surface area contributed by atoms with Crippen molar-refractivity contribution >= 4 is 35.3 Å². The number of piperazine rings is 1. The SMILES string of the molecule is O=C(O)NCC(=O)N1CCC2(CC1)CC(CCN1CCN(c3cccc(Cl)c3)CC1)OC2=O. The lowest BCUT2D eigenvalue weighted by molar-refractivity contribution is -0.152. The summed E-state index contributed by atoms with van der Waals surface area (Å²) in [4.78, 5) is 41.8. The fraction of sp³-hybridized carbons (Fsp3) is 0.609. The van der Waals surface area contributed by atoms with Gasteiger partial charge in [-0.2, -0.15) is 0 Å². The van der Waals surface area contributed by atoms with Gasteiger partial charge < -0.3 is 25.0 Å². The molecule has 33 heavy (non-hydrogen) atoms. The number of carbonyl (C=O) groups is 3. The van der Waals surface area contributed by atoms with Crippen molar-refractivity contribution in [1.82, 2.24) is 15.1 Å². The molecule has 0 bridgehead atoms. The van der Waals surface area contributed by atoms with E-state index in [4.69, 9.17) is 21.4 Å². The van der Waals surface area contributed by atoms with Crippen molar-refractivity contribution in [3.8, 4) is 0 Å². The van der Waals surface area contributed by atoms with Crippen molar-refractivity contribution < 1.29 is 24.2 Å². The highest BCUT2D eigenvalue weighted by molar-refractivity contribution is 6.30. The second-order valence-corrected chi connectivity index (χ2v) is 9.58. The van der Waals surface area contributed by atoms with Crippen molar-refractivity contribution in [3.05, 3.63) is 29.3 Å². The maximum atomic E-state index is 12.7. The first kappa shape index (κ1) is 23.6. The van der Waals surface area contributed by atoms with Gasteiger partial charge in [0, 0.05) is 62.9 Å². The predicted molar refractivity (Wildman–Crippen MR) is 123 cm³/mol. The van der Waals surface area contributed by atoms with Crippen LogP contribution in [0.25, 0.3) is 0 Å². The van der Waals surface area contributed by atoms with Crippen molar-refractivity contribution in [3.63, 3.8) is 0 Å². The van der Waals surface area contributed by atoms with Gasteiger partial charge in [-0.15, -0.1) is 0 Å². The number of rotatable bonds is 6. The highest BCUT2D eigenvalue weighted by Crippen LogP contribution is 2.43. The summed E-state index contributed by atoms with van der Waals surface area (Å²) in [5.74, 6) is -0.402. The zero-order valence-electron chi connectivity index (χ0n) is 18.7. The summed E-state index contributed by atoms with van der Waals surface area (Å²) < 4.78 is 5.74. The number of carboxylic acid groups (broad SMARTS) is 1. The molecule has 1 spiro atoms. The molecular formula is C23H31ClN4O5. The van der Waals surface area contributed by atoms with Crippen LogP contribution in [0.5, 0.6) is 0 Å². The molecule has 4 rings (SSSR count). The first-order valence-electron chi connectivity index (χ1n) is 11.5. The monoisotopic (exact) mass is 478 g/mol. The maximum absolute atomic E-state index is 12.7. The summed E-state index contributed by atoms with van der Waals surface area (Å²) in [6, 6.07) is 7.94. The third-order valence-corrected chi connectivity index (χ3v) is 7.34. The van der Waals surface area contributed by atoms with Gasteiger partial charge >= 0.3 is 12.1 Å². The Bertz CT molecular complexity index is 881. The highest BCUT2D eigenvalue weighted by Gasteiger charge is 2.50. The van der Waals surface area contributed by atoms with Gasteiger partial charge in [-0.1, -0.05) is 17.7 Å². The lowest BCUT2D eigenvalue weighted by Gasteiger charge is -2.37. The first-order valence-corrected chi connectivity index (χ1v) is 11.9. The van der Waals surface area contributed by atoms with Crippen LogP contribution in [0.3, 0.4) is 0 Å². The van der Waals surface area contributed by atoms with E-state index in [1.807, 2.05) is 18.2 Å². The van der Waals surface area contributed by atoms with Crippen LogP contribution in [0, 0.1) is 5.41 Å². The van der Waals surface area contributed by atoms with Crippen LogP contribution in [-0.2, 0) is 14.3 Å². The molecule has 3 fully saturated rings. The molecule has 1 aromatic rings. The number of hydrogen-bond acceptors (Lipinski definition) is 6. The molecule has 0 aromatic heterocycles. The van der Waals surface area contributed by atoms with Gasteiger partial charge in [-0.3, -0.25) is 14.5 Å². The Balaban J connectivity index is 1.20. The van der Waals surface area contributed by atoms with Crippen LogP contribution < -0.4 is 10.2 Å². The summed E-state index contributed by atoms with van der Waals surface area (Å²) in [6.45, 7) is 5.36. The molecule has 3 aliphatic rings. The van der Waals surface area contributed by atoms with Crippen LogP contribution >= 0.6 is 11.6 Å². The lowest BCUT2D eigenvalue weighted by Crippen LogP contribution is -2.48. The van der Waals surface area contributed by atoms with Crippen molar-refractivity contribution in [2.24, 2.45) is 5.41 Å². The normalized spacial score (nSPS) is 22.9. The number of nitrogens with one attached hydrogen (secondary N) is 1. The summed E-state index contributed by atoms with van der Waals surface area (Å²) in [5, 5.41) is 11.5. The van der Waals surface area contributed by atoms with Crippen LogP contribution in [0.15, 0.2) is 24.3 Å². The second kappa shape index (κ2) is 10.2. The Morgan fingerprint density at radius 2 is 1.88 bits per heavy atom. The quantitative estimate of drug-likeness (QED) is 0.603. The number of piperidine rings is 1. The van der Waals surface area contributed by atoms with Crippen molar-refractivity contribution in [2.45, 2.75) is 31.8 Å². The molecule has 0 saturated carbocycles. The van der Waals surface area contributed by atoms with E-state index in [1.165, 1.54) is 0 Å². The van der Waals surface area contributed by atoms with E-state index in [1.54, 1.807) is 4.90 Å². The van der Waals surface area contributed by atoms with Crippen LogP contribution in [0.1, 0.15) is 25.7 Å². The average molecular weight is 479 g/mol. The molecule has 1 unspecified atom stereocenters. The highest BCUT2D eigenvalue weighted by atomic mass is 35.5. The fourth-order valence-electron chi connectivity index (χ4n) is 5.08. The van der Waals surface area contributed by atoms with E-state index in [-0.39, 0.29) is 24.5 Å². The maximum Gasteiger partial charge on any atom is 0.405 e. The molecule has 3 heterocycles. The molecule has 3 saturated heterocycles. The summed E-state index contributed by atoms with van der Waals surface area (Å²) in [7, 11) is 0. The first-order chi connectivity index (χ1) is 15.8. The molecule has 9 nitrogen and oxygen atoms in total. The molecule has 180 valence electrons. The average Bonchev–Trinajstić information content (AvgIpc) is 3.11. The topological polar surface area (TPSA) is 102 Å². The minimum Gasteiger partial charge on any atom is -0.465 e. The molecule has 2 amide bonds. The van der Waals surface area contributed by atoms with E-state index in [0.717, 1.165) is 49.9 Å². The largest absolute Gasteiger partial charge is 0.465 e. The second-order valence-electron chi connectivity index (χ2n) is 9.15. The molecule has 0 radical (unpaired) electrons. The van der Waals surface area contributed by atoms with Gasteiger partial charge in [0.25, 0.3) is 0 Å². The number of benzene rings is 1. The number of amides is 2. The fourth-order valence-corrected chi connectivity index (χ4v) is 5.27. The van der Waals surface area contributed by atoms with E-state index in [9.17, 15) is 14.4 Å². The number of carbonyl (C=O) groups excluding carboxylic acids is 2. The van der Waals surface area contributed by atoms with Gasteiger partial charge in [-0.25, -0.2) is 4.79 Å². The van der Waals surface area contributed by atoms with Gasteiger partial charge in [0.1, 0.15) is 12.6 Å². The van der Waals surface area contributed by atoms with E-state index in [0.29, 0.717) is 32.4 Å². The van der Waals surface area contributed by atoms with Crippen LogP contribution in [0.4, 0.5) is 10.5 Å². The van der Waals surface area contributed by atoms with E-state index < -0.39 is 11.5 Å². The Kier molecular flexibility index (Phi) is 7.29. The Hall–Kier alpha value is -2.52. The minimum absolute atomic E-state index is 0.0839. The minimum atomic E-state index is -1.22. The predicted octanol–water partition coefficient (Wildman–Crippen LogP) is 2.04. The number of nitrogens with zero attached hydrogens (tertiary/aromatic N) is 3. The summed E-state index contributed by atoms with van der Waals surface area (Å²) in [6.07, 6.45) is 1.35. The van der Waals surface area contributed by atoms with Gasteiger partial charge in [-0.05, 0) is 37.5 Å². The molecule has 2 N–H and O–H groups in total. The number of anilines is 1. The van der Waals surface area contributed by atoms with Crippen molar-refractivity contribution in [1.29, 1.82) is 0 Å². The van der Waals surface area contributed by atoms with E-state index in [2.05, 4.69) is 21.2 Å². The van der Waals surface area contributed by atoms with Crippen LogP contribution in [-0.4, -0.2) is 91.3 Å². The van der Waals surface area contributed by atoms with Gasteiger partial charge in [0.2, 0.25) is 5.91 Å². The Labute approximate surface area is 198 Å². The standard InChI is InChI=1S/C23H31ClN4O5/c24-17-2-1-3-18(14-17)27-12-10-26(11-13-27)7-4-19-15-23(21(30)33-19)5-8-28(9-6-23)20(29)16-25-22(31)32/h1-3,14,19,25H,4-13,15-16H2,(H,31,32). The van der Waals surface area contributed by atoms with Crippen LogP contribution in [0.2, 0.25) is 5.02 Å². The molecule has 10 heteroatoms. The van der Waals surface area contributed by atoms with Gasteiger partial charge in [0.05, 0.1) is 5.41 Å². The smallest absolute Gasteiger partial charge is 0.405 e. The lowest BCUT2D eigenvalue weighted by atomic mass is 9.75.